The van der Waals surface area contributed by atoms with Gasteiger partial charge in [0.25, 0.3) is 0 Å². The SMILES string of the molecule is COCO[C@@H]1[C@H]2CC[C@](/C=C\Oc3ccc(OC)cc3)(C2(C)C)[C@@]1(O)C1=CCCCC12OCCO2. The Balaban J connectivity index is 1.56. The van der Waals surface area contributed by atoms with Crippen LogP contribution in [0, 0.1) is 16.7 Å². The van der Waals surface area contributed by atoms with Crippen LogP contribution in [0.15, 0.2) is 48.3 Å². The van der Waals surface area contributed by atoms with Gasteiger partial charge in [-0.3, -0.25) is 0 Å². The Morgan fingerprint density at radius 3 is 2.46 bits per heavy atom. The molecule has 1 aromatic rings. The van der Waals surface area contributed by atoms with Crippen molar-refractivity contribution in [1.29, 1.82) is 0 Å². The highest BCUT2D eigenvalue weighted by atomic mass is 16.7. The molecule has 4 aliphatic rings. The lowest BCUT2D eigenvalue weighted by Crippen LogP contribution is -2.61. The molecule has 0 aromatic heterocycles. The van der Waals surface area contributed by atoms with Gasteiger partial charge in [0.05, 0.1) is 32.7 Å². The molecule has 2 bridgehead atoms. The predicted octanol–water partition coefficient (Wildman–Crippen LogP) is 4.60. The Bertz CT molecular complexity index is 962. The van der Waals surface area contributed by atoms with Gasteiger partial charge in [0.15, 0.2) is 5.79 Å². The monoisotopic (exact) mass is 486 g/mol. The molecule has 35 heavy (non-hydrogen) atoms. The topological polar surface area (TPSA) is 75.6 Å². The molecular weight excluding hydrogens is 448 g/mol. The first kappa shape index (κ1) is 24.8. The summed E-state index contributed by atoms with van der Waals surface area (Å²) in [5.41, 5.74) is -1.43. The van der Waals surface area contributed by atoms with Gasteiger partial charge in [0, 0.05) is 24.5 Å². The van der Waals surface area contributed by atoms with Crippen LogP contribution in [0.1, 0.15) is 46.0 Å². The van der Waals surface area contributed by atoms with Crippen molar-refractivity contribution in [3.8, 4) is 11.5 Å². The smallest absolute Gasteiger partial charge is 0.193 e. The third-order valence-corrected chi connectivity index (χ3v) is 9.00. The Morgan fingerprint density at radius 1 is 1.06 bits per heavy atom. The van der Waals surface area contributed by atoms with Crippen molar-refractivity contribution in [2.45, 2.75) is 63.4 Å². The highest BCUT2D eigenvalue weighted by molar-refractivity contribution is 5.44. The second-order valence-corrected chi connectivity index (χ2v) is 10.7. The quantitative estimate of drug-likeness (QED) is 0.327. The lowest BCUT2D eigenvalue weighted by molar-refractivity contribution is -0.211. The molecule has 1 aliphatic heterocycles. The summed E-state index contributed by atoms with van der Waals surface area (Å²) in [4.78, 5) is 0. The van der Waals surface area contributed by atoms with Crippen LogP contribution in [-0.2, 0) is 18.9 Å². The van der Waals surface area contributed by atoms with Gasteiger partial charge < -0.3 is 33.5 Å². The second-order valence-electron chi connectivity index (χ2n) is 10.7. The Hall–Kier alpha value is -1.90. The molecule has 7 heteroatoms. The number of hydrogen-bond acceptors (Lipinski definition) is 7. The lowest BCUT2D eigenvalue weighted by Gasteiger charge is -2.53. The standard InChI is InChI=1S/C28H38O7/c1-25(2)22-12-14-26(25,15-16-32-21-10-8-20(31-4)9-11-21)28(29,24(22)33-19-30-3)23-7-5-6-13-27(23)34-17-18-35-27/h7-11,15-16,22,24,29H,5-6,12-14,17-19H2,1-4H3/b16-15-/t22-,24-,26+,28-/m1/s1. The molecule has 1 spiro atoms. The molecular formula is C28H38O7. The minimum Gasteiger partial charge on any atom is -0.497 e. The average molecular weight is 487 g/mol. The number of hydrogen-bond donors (Lipinski definition) is 1. The van der Waals surface area contributed by atoms with Crippen molar-refractivity contribution in [1.82, 2.24) is 0 Å². The van der Waals surface area contributed by atoms with E-state index in [0.29, 0.717) is 19.0 Å². The summed E-state index contributed by atoms with van der Waals surface area (Å²) in [5.74, 6) is 0.707. The van der Waals surface area contributed by atoms with Crippen LogP contribution in [-0.4, -0.2) is 56.8 Å². The molecule has 0 radical (unpaired) electrons. The summed E-state index contributed by atoms with van der Waals surface area (Å²) in [6.07, 6.45) is 9.78. The number of rotatable bonds is 8. The van der Waals surface area contributed by atoms with E-state index in [1.165, 1.54) is 0 Å². The van der Waals surface area contributed by atoms with E-state index in [1.54, 1.807) is 20.5 Å². The maximum absolute atomic E-state index is 12.9. The minimum atomic E-state index is -1.33. The molecule has 3 aliphatic carbocycles. The maximum atomic E-state index is 12.9. The van der Waals surface area contributed by atoms with Crippen LogP contribution in [0.5, 0.6) is 11.5 Å². The van der Waals surface area contributed by atoms with E-state index in [-0.39, 0.29) is 18.1 Å². The van der Waals surface area contributed by atoms with Crippen LogP contribution in [0.3, 0.4) is 0 Å². The van der Waals surface area contributed by atoms with E-state index >= 15 is 0 Å². The molecule has 5 rings (SSSR count). The zero-order valence-electron chi connectivity index (χ0n) is 21.2. The molecule has 0 amide bonds. The van der Waals surface area contributed by atoms with Gasteiger partial charge in [0.2, 0.25) is 0 Å². The van der Waals surface area contributed by atoms with Gasteiger partial charge in [-0.05, 0) is 67.4 Å². The minimum absolute atomic E-state index is 0.115. The maximum Gasteiger partial charge on any atom is 0.193 e. The summed E-state index contributed by atoms with van der Waals surface area (Å²) < 4.78 is 35.3. The van der Waals surface area contributed by atoms with Crippen LogP contribution in [0.25, 0.3) is 0 Å². The molecule has 4 atom stereocenters. The van der Waals surface area contributed by atoms with Gasteiger partial charge in [-0.2, -0.15) is 0 Å². The van der Waals surface area contributed by atoms with E-state index in [2.05, 4.69) is 26.0 Å². The molecule has 1 N–H and O–H groups in total. The first-order valence-corrected chi connectivity index (χ1v) is 12.6. The van der Waals surface area contributed by atoms with Crippen molar-refractivity contribution < 1.29 is 33.5 Å². The van der Waals surface area contributed by atoms with Crippen molar-refractivity contribution in [2.75, 3.05) is 34.2 Å². The molecule has 0 unspecified atom stereocenters. The number of fused-ring (bicyclic) bond motifs is 2. The normalized spacial score (nSPS) is 35.1. The summed E-state index contributed by atoms with van der Waals surface area (Å²) in [6, 6.07) is 7.47. The van der Waals surface area contributed by atoms with Crippen molar-refractivity contribution in [3.63, 3.8) is 0 Å². The molecule has 192 valence electrons. The first-order valence-electron chi connectivity index (χ1n) is 12.6. The molecule has 1 saturated heterocycles. The predicted molar refractivity (Wildman–Crippen MR) is 130 cm³/mol. The van der Waals surface area contributed by atoms with E-state index in [4.69, 9.17) is 28.4 Å². The van der Waals surface area contributed by atoms with Crippen LogP contribution >= 0.6 is 0 Å². The first-order chi connectivity index (χ1) is 16.8. The Labute approximate surface area is 208 Å². The number of methoxy groups -OCH3 is 2. The Morgan fingerprint density at radius 2 is 1.77 bits per heavy atom. The summed E-state index contributed by atoms with van der Waals surface area (Å²) in [5, 5.41) is 12.9. The number of allylic oxidation sites excluding steroid dienone is 1. The molecule has 3 fully saturated rings. The van der Waals surface area contributed by atoms with Crippen molar-refractivity contribution >= 4 is 0 Å². The zero-order chi connectivity index (χ0) is 24.7. The van der Waals surface area contributed by atoms with Gasteiger partial charge in [-0.15, -0.1) is 0 Å². The summed E-state index contributed by atoms with van der Waals surface area (Å²) in [6.45, 7) is 5.62. The molecule has 7 nitrogen and oxygen atoms in total. The third-order valence-electron chi connectivity index (χ3n) is 9.00. The highest BCUT2D eigenvalue weighted by Gasteiger charge is 2.78. The fraction of sp³-hybridized carbons (Fsp3) is 0.643. The van der Waals surface area contributed by atoms with E-state index in [1.807, 2.05) is 24.3 Å². The van der Waals surface area contributed by atoms with Crippen LogP contribution in [0.4, 0.5) is 0 Å². The summed E-state index contributed by atoms with van der Waals surface area (Å²) in [7, 11) is 3.25. The van der Waals surface area contributed by atoms with Crippen molar-refractivity contribution in [2.24, 2.45) is 16.7 Å². The number of benzene rings is 1. The number of aliphatic hydroxyl groups is 1. The van der Waals surface area contributed by atoms with E-state index in [0.717, 1.165) is 43.4 Å². The van der Waals surface area contributed by atoms with Gasteiger partial charge >= 0.3 is 0 Å². The fourth-order valence-electron chi connectivity index (χ4n) is 7.31. The molecule has 1 heterocycles. The van der Waals surface area contributed by atoms with Crippen LogP contribution in [0.2, 0.25) is 0 Å². The fourth-order valence-corrected chi connectivity index (χ4v) is 7.31. The average Bonchev–Trinajstić information content (AvgIpc) is 3.46. The van der Waals surface area contributed by atoms with E-state index < -0.39 is 22.9 Å². The third kappa shape index (κ3) is 3.58. The highest BCUT2D eigenvalue weighted by Crippen LogP contribution is 2.74. The van der Waals surface area contributed by atoms with Gasteiger partial charge in [-0.1, -0.05) is 19.9 Å². The van der Waals surface area contributed by atoms with E-state index in [9.17, 15) is 5.11 Å². The lowest BCUT2D eigenvalue weighted by atomic mass is 9.58. The molecule has 1 aromatic carbocycles. The largest absolute Gasteiger partial charge is 0.497 e. The van der Waals surface area contributed by atoms with Gasteiger partial charge in [-0.25, -0.2) is 0 Å². The van der Waals surface area contributed by atoms with Gasteiger partial charge in [0.1, 0.15) is 23.9 Å². The molecule has 2 saturated carbocycles. The zero-order valence-corrected chi connectivity index (χ0v) is 21.2. The second kappa shape index (κ2) is 9.20. The number of ether oxygens (including phenoxy) is 6. The summed E-state index contributed by atoms with van der Waals surface area (Å²) >= 11 is 0. The van der Waals surface area contributed by atoms with Crippen molar-refractivity contribution in [3.05, 3.63) is 48.3 Å². The van der Waals surface area contributed by atoms with Crippen LogP contribution < -0.4 is 9.47 Å². The Kier molecular flexibility index (Phi) is 6.51.